The lowest BCUT2D eigenvalue weighted by Crippen LogP contribution is -2.46. The Bertz CT molecular complexity index is 1210. The zero-order chi connectivity index (χ0) is 24.8. The first-order valence-corrected chi connectivity index (χ1v) is 11.9. The first-order valence-electron chi connectivity index (χ1n) is 11.1. The Morgan fingerprint density at radius 2 is 1.77 bits per heavy atom. The second-order valence-corrected chi connectivity index (χ2v) is 8.95. The number of carbonyl (C=O) groups is 1. The molecule has 1 aliphatic heterocycles. The van der Waals surface area contributed by atoms with Crippen molar-refractivity contribution in [3.63, 3.8) is 0 Å². The zero-order valence-electron chi connectivity index (χ0n) is 19.2. The van der Waals surface area contributed by atoms with Gasteiger partial charge >= 0.3 is 0 Å². The predicted molar refractivity (Wildman–Crippen MR) is 138 cm³/mol. The number of anilines is 1. The number of benzene rings is 3. The monoisotopic (exact) mass is 514 g/mol. The summed E-state index contributed by atoms with van der Waals surface area (Å²) >= 11 is 11.9. The molecular weight excluding hydrogens is 490 g/mol. The van der Waals surface area contributed by atoms with Gasteiger partial charge in [0.05, 0.1) is 23.4 Å². The predicted octanol–water partition coefficient (Wildman–Crippen LogP) is 5.23. The van der Waals surface area contributed by atoms with Gasteiger partial charge in [-0.15, -0.1) is 0 Å². The molecule has 35 heavy (non-hydrogen) atoms. The summed E-state index contributed by atoms with van der Waals surface area (Å²) in [5.74, 6) is 0.187. The maximum atomic E-state index is 13.2. The SMILES string of the molecule is COc1ccc(/C=N\NC(=O)c2ccc(Cl)c(Cl)c2)cc1CN1CCN(c2ccc(F)cc2)CC1. The average Bonchev–Trinajstić information content (AvgIpc) is 2.87. The molecule has 0 atom stereocenters. The first kappa shape index (κ1) is 25.0. The molecule has 9 heteroatoms. The van der Waals surface area contributed by atoms with Crippen LogP contribution in [0.25, 0.3) is 0 Å². The minimum atomic E-state index is -0.382. The van der Waals surface area contributed by atoms with Crippen LogP contribution in [0.5, 0.6) is 5.75 Å². The molecule has 1 heterocycles. The van der Waals surface area contributed by atoms with E-state index in [1.54, 1.807) is 25.5 Å². The summed E-state index contributed by atoms with van der Waals surface area (Å²) in [5.41, 5.74) is 5.77. The van der Waals surface area contributed by atoms with E-state index in [4.69, 9.17) is 27.9 Å². The maximum Gasteiger partial charge on any atom is 0.271 e. The standard InChI is InChI=1S/C26H25Cl2FN4O2/c1-35-25-9-2-18(16-30-31-26(34)19-3-8-23(27)24(28)15-19)14-20(25)17-32-10-12-33(13-11-32)22-6-4-21(29)5-7-22/h2-9,14-16H,10-13,17H2,1H3,(H,31,34)/b30-16-. The molecule has 1 amide bonds. The number of methoxy groups -OCH3 is 1. The fourth-order valence-electron chi connectivity index (χ4n) is 3.93. The highest BCUT2D eigenvalue weighted by Crippen LogP contribution is 2.24. The molecule has 0 radical (unpaired) electrons. The minimum Gasteiger partial charge on any atom is -0.496 e. The number of nitrogens with one attached hydrogen (secondary N) is 1. The topological polar surface area (TPSA) is 57.2 Å². The number of amides is 1. The molecule has 3 aromatic rings. The largest absolute Gasteiger partial charge is 0.496 e. The normalized spacial score (nSPS) is 14.3. The van der Waals surface area contributed by atoms with Crippen LogP contribution in [0.4, 0.5) is 10.1 Å². The van der Waals surface area contributed by atoms with Crippen LogP contribution in [0.15, 0.2) is 65.8 Å². The van der Waals surface area contributed by atoms with Crippen molar-refractivity contribution in [1.29, 1.82) is 0 Å². The van der Waals surface area contributed by atoms with E-state index in [0.29, 0.717) is 15.6 Å². The molecule has 1 fully saturated rings. The quantitative estimate of drug-likeness (QED) is 0.346. The zero-order valence-corrected chi connectivity index (χ0v) is 20.7. The lowest BCUT2D eigenvalue weighted by molar-refractivity contribution is 0.0955. The van der Waals surface area contributed by atoms with E-state index >= 15 is 0 Å². The minimum absolute atomic E-state index is 0.225. The lowest BCUT2D eigenvalue weighted by Gasteiger charge is -2.36. The summed E-state index contributed by atoms with van der Waals surface area (Å²) in [6.07, 6.45) is 1.59. The van der Waals surface area contributed by atoms with Gasteiger partial charge in [-0.1, -0.05) is 23.2 Å². The molecule has 182 valence electrons. The molecule has 0 saturated carbocycles. The third-order valence-corrected chi connectivity index (χ3v) is 6.56. The average molecular weight is 515 g/mol. The molecular formula is C26H25Cl2FN4O2. The summed E-state index contributed by atoms with van der Waals surface area (Å²) < 4.78 is 18.8. The highest BCUT2D eigenvalue weighted by Gasteiger charge is 2.19. The Labute approximate surface area is 213 Å². The van der Waals surface area contributed by atoms with Gasteiger partial charge in [-0.25, -0.2) is 9.82 Å². The van der Waals surface area contributed by atoms with Crippen LogP contribution in [0.3, 0.4) is 0 Å². The van der Waals surface area contributed by atoms with E-state index in [1.165, 1.54) is 18.2 Å². The molecule has 0 aliphatic carbocycles. The van der Waals surface area contributed by atoms with Crippen molar-refractivity contribution in [3.05, 3.63) is 93.2 Å². The van der Waals surface area contributed by atoms with Crippen molar-refractivity contribution in [2.45, 2.75) is 6.54 Å². The number of hydrogen-bond acceptors (Lipinski definition) is 5. The summed E-state index contributed by atoms with van der Waals surface area (Å²) in [6, 6.07) is 17.0. The fourth-order valence-corrected chi connectivity index (χ4v) is 4.22. The van der Waals surface area contributed by atoms with Gasteiger partial charge < -0.3 is 9.64 Å². The molecule has 6 nitrogen and oxygen atoms in total. The third-order valence-electron chi connectivity index (χ3n) is 5.82. The third kappa shape index (κ3) is 6.51. The molecule has 3 aromatic carbocycles. The number of carbonyl (C=O) groups excluding carboxylic acids is 1. The van der Waals surface area contributed by atoms with Gasteiger partial charge in [0.15, 0.2) is 0 Å². The molecule has 0 spiro atoms. The second-order valence-electron chi connectivity index (χ2n) is 8.14. The highest BCUT2D eigenvalue weighted by atomic mass is 35.5. The van der Waals surface area contributed by atoms with Crippen molar-refractivity contribution < 1.29 is 13.9 Å². The van der Waals surface area contributed by atoms with Crippen molar-refractivity contribution >= 4 is 41.0 Å². The van der Waals surface area contributed by atoms with Gasteiger partial charge in [-0.3, -0.25) is 9.69 Å². The summed E-state index contributed by atoms with van der Waals surface area (Å²) in [5, 5.41) is 4.77. The number of piperazine rings is 1. The Kier molecular flexibility index (Phi) is 8.23. The van der Waals surface area contributed by atoms with Crippen molar-refractivity contribution in [2.75, 3.05) is 38.2 Å². The molecule has 0 unspecified atom stereocenters. The number of ether oxygens (including phenoxy) is 1. The Hall–Kier alpha value is -3.13. The van der Waals surface area contributed by atoms with Crippen molar-refractivity contribution in [3.8, 4) is 5.75 Å². The Morgan fingerprint density at radius 3 is 2.46 bits per heavy atom. The number of rotatable bonds is 7. The lowest BCUT2D eigenvalue weighted by atomic mass is 10.1. The van der Waals surface area contributed by atoms with Crippen LogP contribution in [-0.2, 0) is 6.54 Å². The van der Waals surface area contributed by atoms with Crippen LogP contribution >= 0.6 is 23.2 Å². The van der Waals surface area contributed by atoms with Crippen LogP contribution in [-0.4, -0.2) is 50.3 Å². The van der Waals surface area contributed by atoms with E-state index in [9.17, 15) is 9.18 Å². The van der Waals surface area contributed by atoms with E-state index in [2.05, 4.69) is 20.3 Å². The van der Waals surface area contributed by atoms with Crippen LogP contribution in [0.1, 0.15) is 21.5 Å². The highest BCUT2D eigenvalue weighted by molar-refractivity contribution is 6.42. The molecule has 1 N–H and O–H groups in total. The molecule has 4 rings (SSSR count). The Morgan fingerprint density at radius 1 is 1.03 bits per heavy atom. The van der Waals surface area contributed by atoms with Crippen LogP contribution in [0.2, 0.25) is 10.0 Å². The molecule has 1 aliphatic rings. The summed E-state index contributed by atoms with van der Waals surface area (Å²) in [7, 11) is 1.65. The van der Waals surface area contributed by atoms with E-state index < -0.39 is 0 Å². The second kappa shape index (κ2) is 11.5. The first-order chi connectivity index (χ1) is 16.9. The van der Waals surface area contributed by atoms with Crippen molar-refractivity contribution in [1.82, 2.24) is 10.3 Å². The van der Waals surface area contributed by atoms with Gasteiger partial charge in [0.1, 0.15) is 11.6 Å². The van der Waals surface area contributed by atoms with E-state index in [1.807, 2.05) is 30.3 Å². The molecule has 1 saturated heterocycles. The van der Waals surface area contributed by atoms with E-state index in [-0.39, 0.29) is 11.7 Å². The number of hydrazone groups is 1. The summed E-state index contributed by atoms with van der Waals surface area (Å²) in [4.78, 5) is 16.9. The van der Waals surface area contributed by atoms with E-state index in [0.717, 1.165) is 55.3 Å². The smallest absolute Gasteiger partial charge is 0.271 e. The van der Waals surface area contributed by atoms with Gasteiger partial charge in [0.2, 0.25) is 0 Å². The number of hydrogen-bond donors (Lipinski definition) is 1. The fraction of sp³-hybridized carbons (Fsp3) is 0.231. The van der Waals surface area contributed by atoms with Gasteiger partial charge in [-0.05, 0) is 66.2 Å². The maximum absolute atomic E-state index is 13.2. The van der Waals surface area contributed by atoms with Gasteiger partial charge in [0.25, 0.3) is 5.91 Å². The van der Waals surface area contributed by atoms with Crippen LogP contribution < -0.4 is 15.1 Å². The summed E-state index contributed by atoms with van der Waals surface area (Å²) in [6.45, 7) is 4.18. The molecule has 0 aromatic heterocycles. The van der Waals surface area contributed by atoms with Gasteiger partial charge in [-0.2, -0.15) is 5.10 Å². The molecule has 0 bridgehead atoms. The van der Waals surface area contributed by atoms with Crippen LogP contribution in [0, 0.1) is 5.82 Å². The van der Waals surface area contributed by atoms with Gasteiger partial charge in [0, 0.05) is 49.5 Å². The number of halogens is 3. The number of nitrogens with zero attached hydrogens (tertiary/aromatic N) is 3. The van der Waals surface area contributed by atoms with Crippen molar-refractivity contribution in [2.24, 2.45) is 5.10 Å². The Balaban J connectivity index is 1.36.